The van der Waals surface area contributed by atoms with E-state index in [4.69, 9.17) is 9.84 Å². The third kappa shape index (κ3) is 5.05. The van der Waals surface area contributed by atoms with Crippen LogP contribution in [0.3, 0.4) is 0 Å². The Morgan fingerprint density at radius 3 is 2.38 bits per heavy atom. The van der Waals surface area contributed by atoms with Crippen LogP contribution in [0.15, 0.2) is 78.9 Å². The highest BCUT2D eigenvalue weighted by Crippen LogP contribution is 2.49. The van der Waals surface area contributed by atoms with E-state index < -0.39 is 0 Å². The molecule has 2 aliphatic heterocycles. The third-order valence-corrected chi connectivity index (χ3v) is 8.78. The second-order valence-electron chi connectivity index (χ2n) is 10.2. The van der Waals surface area contributed by atoms with Gasteiger partial charge in [-0.15, -0.1) is 11.8 Å². The summed E-state index contributed by atoms with van der Waals surface area (Å²) < 4.78 is 7.32. The van der Waals surface area contributed by atoms with Gasteiger partial charge >= 0.3 is 0 Å². The van der Waals surface area contributed by atoms with Gasteiger partial charge in [0.15, 0.2) is 0 Å². The number of thioether (sulfide) groups is 1. The summed E-state index contributed by atoms with van der Waals surface area (Å²) in [6.07, 6.45) is 0. The monoisotopic (exact) mass is 552 g/mol. The molecule has 0 aliphatic carbocycles. The normalized spacial score (nSPS) is 17.4. The quantitative estimate of drug-likeness (QED) is 0.341. The third-order valence-electron chi connectivity index (χ3n) is 7.54. The molecule has 0 unspecified atom stereocenters. The van der Waals surface area contributed by atoms with Gasteiger partial charge in [0.05, 0.1) is 35.6 Å². The van der Waals surface area contributed by atoms with E-state index in [2.05, 4.69) is 31.2 Å². The number of carbonyl (C=O) groups is 2. The van der Waals surface area contributed by atoms with E-state index in [1.54, 1.807) is 21.6 Å². The first kappa shape index (κ1) is 26.3. The van der Waals surface area contributed by atoms with Gasteiger partial charge in [-0.25, -0.2) is 4.68 Å². The van der Waals surface area contributed by atoms with E-state index >= 15 is 0 Å². The standard InChI is InChI=1S/C32H32N4O3S/c1-22-12-14-25(15-13-22)36-32-29(30(33-36)24-9-4-3-5-10-24)31(26-11-7-6-8-23(26)2)40-21-28(38)35(32)20-27(37)34-16-18-39-19-17-34/h3-15,31H,16-21H2,1-2H3/t31-/m1/s1. The van der Waals surface area contributed by atoms with Gasteiger partial charge in [0, 0.05) is 24.2 Å². The van der Waals surface area contributed by atoms with Crippen molar-refractivity contribution in [2.24, 2.45) is 0 Å². The molecule has 8 heteroatoms. The number of carbonyl (C=O) groups excluding carboxylic acids is 2. The maximum Gasteiger partial charge on any atom is 0.242 e. The second-order valence-corrected chi connectivity index (χ2v) is 11.3. The Labute approximate surface area is 238 Å². The zero-order chi connectivity index (χ0) is 27.6. The molecule has 3 heterocycles. The van der Waals surface area contributed by atoms with Gasteiger partial charge in [-0.3, -0.25) is 14.5 Å². The number of rotatable bonds is 5. The summed E-state index contributed by atoms with van der Waals surface area (Å²) in [6, 6.07) is 26.5. The zero-order valence-corrected chi connectivity index (χ0v) is 23.6. The predicted octanol–water partition coefficient (Wildman–Crippen LogP) is 5.18. The average Bonchev–Trinajstić information content (AvgIpc) is 3.31. The number of ether oxygens (including phenoxy) is 1. The summed E-state index contributed by atoms with van der Waals surface area (Å²) in [6.45, 7) is 6.19. The maximum absolute atomic E-state index is 13.9. The van der Waals surface area contributed by atoms with Gasteiger partial charge in [0.1, 0.15) is 12.4 Å². The Kier molecular flexibility index (Phi) is 7.45. The molecule has 0 radical (unpaired) electrons. The largest absolute Gasteiger partial charge is 0.378 e. The lowest BCUT2D eigenvalue weighted by Gasteiger charge is -2.30. The lowest BCUT2D eigenvalue weighted by atomic mass is 9.97. The van der Waals surface area contributed by atoms with Crippen LogP contribution in [0, 0.1) is 13.8 Å². The Morgan fingerprint density at radius 2 is 1.65 bits per heavy atom. The first-order chi connectivity index (χ1) is 19.5. The molecule has 40 heavy (non-hydrogen) atoms. The molecule has 2 aliphatic rings. The van der Waals surface area contributed by atoms with Crippen molar-refractivity contribution in [1.29, 1.82) is 0 Å². The van der Waals surface area contributed by atoms with E-state index in [1.807, 2.05) is 66.2 Å². The second kappa shape index (κ2) is 11.3. The number of aryl methyl sites for hydroxylation is 2. The van der Waals surface area contributed by atoms with Crippen LogP contribution in [0.25, 0.3) is 16.9 Å². The minimum absolute atomic E-state index is 0.0430. The molecule has 3 aromatic carbocycles. The number of aromatic nitrogens is 2. The fraction of sp³-hybridized carbons (Fsp3) is 0.281. The van der Waals surface area contributed by atoms with Gasteiger partial charge in [0.2, 0.25) is 11.8 Å². The molecule has 0 spiro atoms. The minimum Gasteiger partial charge on any atom is -0.378 e. The zero-order valence-electron chi connectivity index (χ0n) is 22.7. The predicted molar refractivity (Wildman–Crippen MR) is 159 cm³/mol. The number of hydrogen-bond acceptors (Lipinski definition) is 5. The molecular weight excluding hydrogens is 520 g/mol. The smallest absolute Gasteiger partial charge is 0.242 e. The molecular formula is C32H32N4O3S. The van der Waals surface area contributed by atoms with Gasteiger partial charge in [-0.05, 0) is 37.1 Å². The van der Waals surface area contributed by atoms with Crippen LogP contribution >= 0.6 is 11.8 Å². The molecule has 7 nitrogen and oxygen atoms in total. The molecule has 204 valence electrons. The summed E-state index contributed by atoms with van der Waals surface area (Å²) in [5.41, 5.74) is 7.01. The SMILES string of the molecule is Cc1ccc(-n2nc(-c3ccccc3)c3c2N(CC(=O)N2CCOCC2)C(=O)CS[C@@H]3c2ccccc2C)cc1. The van der Waals surface area contributed by atoms with Crippen molar-refractivity contribution in [3.05, 3.63) is 101 Å². The Balaban J connectivity index is 1.59. The molecule has 6 rings (SSSR count). The van der Waals surface area contributed by atoms with Gasteiger partial charge in [0.25, 0.3) is 0 Å². The lowest BCUT2D eigenvalue weighted by Crippen LogP contribution is -2.48. The van der Waals surface area contributed by atoms with Gasteiger partial charge < -0.3 is 9.64 Å². The van der Waals surface area contributed by atoms with Crippen LogP contribution in [0.4, 0.5) is 5.82 Å². The molecule has 0 saturated carbocycles. The molecule has 0 N–H and O–H groups in total. The van der Waals surface area contributed by atoms with Crippen LogP contribution in [-0.4, -0.2) is 65.1 Å². The average molecular weight is 553 g/mol. The summed E-state index contributed by atoms with van der Waals surface area (Å²) in [4.78, 5) is 30.9. The molecule has 1 saturated heterocycles. The number of benzene rings is 3. The van der Waals surface area contributed by atoms with E-state index in [1.165, 1.54) is 0 Å². The maximum atomic E-state index is 13.9. The number of amides is 2. The van der Waals surface area contributed by atoms with Crippen molar-refractivity contribution in [2.75, 3.05) is 43.5 Å². The van der Waals surface area contributed by atoms with E-state index in [0.29, 0.717) is 32.1 Å². The summed E-state index contributed by atoms with van der Waals surface area (Å²) >= 11 is 1.60. The molecule has 1 aromatic heterocycles. The first-order valence-electron chi connectivity index (χ1n) is 13.6. The van der Waals surface area contributed by atoms with Crippen molar-refractivity contribution in [3.8, 4) is 16.9 Å². The number of hydrogen-bond donors (Lipinski definition) is 0. The highest BCUT2D eigenvalue weighted by atomic mass is 32.2. The van der Waals surface area contributed by atoms with Crippen molar-refractivity contribution in [3.63, 3.8) is 0 Å². The Bertz CT molecular complexity index is 1530. The molecule has 0 bridgehead atoms. The Hall–Kier alpha value is -3.88. The highest BCUT2D eigenvalue weighted by molar-refractivity contribution is 8.00. The minimum atomic E-state index is -0.141. The fourth-order valence-corrected chi connectivity index (χ4v) is 6.66. The van der Waals surface area contributed by atoms with Crippen LogP contribution < -0.4 is 4.90 Å². The lowest BCUT2D eigenvalue weighted by molar-refractivity contribution is -0.134. The summed E-state index contributed by atoms with van der Waals surface area (Å²) in [5.74, 6) is 0.732. The van der Waals surface area contributed by atoms with Crippen molar-refractivity contribution < 1.29 is 14.3 Å². The van der Waals surface area contributed by atoms with E-state index in [9.17, 15) is 9.59 Å². The van der Waals surface area contributed by atoms with Crippen molar-refractivity contribution >= 4 is 29.4 Å². The number of morpholine rings is 1. The summed E-state index contributed by atoms with van der Waals surface area (Å²) in [5, 5.41) is 5.04. The Morgan fingerprint density at radius 1 is 0.950 bits per heavy atom. The fourth-order valence-electron chi connectivity index (χ4n) is 5.37. The molecule has 2 amide bonds. The van der Waals surface area contributed by atoms with Gasteiger partial charge in [-0.2, -0.15) is 5.10 Å². The highest BCUT2D eigenvalue weighted by Gasteiger charge is 2.38. The topological polar surface area (TPSA) is 67.7 Å². The number of anilines is 1. The van der Waals surface area contributed by atoms with Crippen LogP contribution in [-0.2, 0) is 14.3 Å². The van der Waals surface area contributed by atoms with Crippen LogP contribution in [0.2, 0.25) is 0 Å². The number of nitrogens with zero attached hydrogens (tertiary/aromatic N) is 4. The molecule has 1 atom stereocenters. The van der Waals surface area contributed by atoms with Crippen molar-refractivity contribution in [2.45, 2.75) is 19.1 Å². The van der Waals surface area contributed by atoms with Crippen LogP contribution in [0.1, 0.15) is 27.5 Å². The molecule has 1 fully saturated rings. The molecule has 4 aromatic rings. The van der Waals surface area contributed by atoms with Crippen molar-refractivity contribution in [1.82, 2.24) is 14.7 Å². The summed E-state index contributed by atoms with van der Waals surface area (Å²) in [7, 11) is 0. The van der Waals surface area contributed by atoms with Crippen LogP contribution in [0.5, 0.6) is 0 Å². The van der Waals surface area contributed by atoms with Gasteiger partial charge in [-0.1, -0.05) is 72.3 Å². The van der Waals surface area contributed by atoms with E-state index in [-0.39, 0.29) is 29.4 Å². The first-order valence-corrected chi connectivity index (χ1v) is 14.6. The van der Waals surface area contributed by atoms with E-state index in [0.717, 1.165) is 39.2 Å². The number of fused-ring (bicyclic) bond motifs is 1.